The van der Waals surface area contributed by atoms with Gasteiger partial charge in [0.1, 0.15) is 5.58 Å². The molecule has 0 radical (unpaired) electrons. The zero-order chi connectivity index (χ0) is 15.6. The average Bonchev–Trinajstić information content (AvgIpc) is 2.76. The van der Waals surface area contributed by atoms with Crippen LogP contribution in [-0.2, 0) is 0 Å². The molecule has 1 amide bonds. The monoisotopic (exact) mass is 309 g/mol. The van der Waals surface area contributed by atoms with Crippen LogP contribution in [0.5, 0.6) is 0 Å². The minimum Gasteiger partial charge on any atom is -0.451 e. The van der Waals surface area contributed by atoms with E-state index in [9.17, 15) is 4.79 Å². The second-order valence-electron chi connectivity index (χ2n) is 5.54. The molecule has 0 saturated heterocycles. The number of fused-ring (bicyclic) bond motifs is 1. The summed E-state index contributed by atoms with van der Waals surface area (Å²) in [4.78, 5) is 12.4. The van der Waals surface area contributed by atoms with Gasteiger partial charge in [0.2, 0.25) is 0 Å². The quantitative estimate of drug-likeness (QED) is 0.885. The second kappa shape index (κ2) is 6.08. The fraction of sp³-hybridized carbons (Fsp3) is 0.438. The van der Waals surface area contributed by atoms with Crippen LogP contribution in [0.25, 0.3) is 11.0 Å². The first kappa shape index (κ1) is 15.9. The smallest absolute Gasteiger partial charge is 0.287 e. The van der Waals surface area contributed by atoms with Crippen molar-refractivity contribution in [2.75, 3.05) is 6.61 Å². The molecular weight excluding hydrogens is 290 g/mol. The lowest BCUT2D eigenvalue weighted by atomic mass is 9.94. The van der Waals surface area contributed by atoms with Crippen LogP contribution >= 0.6 is 11.6 Å². The molecule has 1 unspecified atom stereocenters. The molecule has 0 aliphatic heterocycles. The number of benzene rings is 1. The number of rotatable bonds is 5. The molecule has 1 aromatic heterocycles. The zero-order valence-corrected chi connectivity index (χ0v) is 13.3. The summed E-state index contributed by atoms with van der Waals surface area (Å²) in [5, 5.41) is 13.5. The molecule has 2 N–H and O–H groups in total. The number of aryl methyl sites for hydroxylation is 1. The summed E-state index contributed by atoms with van der Waals surface area (Å²) in [6, 6.07) is 5.28. The van der Waals surface area contributed by atoms with Crippen molar-refractivity contribution in [3.05, 3.63) is 34.5 Å². The van der Waals surface area contributed by atoms with Gasteiger partial charge in [0.15, 0.2) is 5.76 Å². The molecule has 0 aliphatic carbocycles. The van der Waals surface area contributed by atoms with E-state index in [0.29, 0.717) is 22.8 Å². The van der Waals surface area contributed by atoms with Gasteiger partial charge in [0, 0.05) is 28.1 Å². The van der Waals surface area contributed by atoms with E-state index < -0.39 is 5.54 Å². The van der Waals surface area contributed by atoms with E-state index in [4.69, 9.17) is 21.1 Å². The summed E-state index contributed by atoms with van der Waals surface area (Å²) >= 11 is 5.98. The van der Waals surface area contributed by atoms with Crippen molar-refractivity contribution in [3.8, 4) is 0 Å². The topological polar surface area (TPSA) is 62.5 Å². The second-order valence-corrected chi connectivity index (χ2v) is 5.98. The van der Waals surface area contributed by atoms with E-state index in [0.717, 1.165) is 17.4 Å². The van der Waals surface area contributed by atoms with E-state index in [-0.39, 0.29) is 12.5 Å². The molecule has 5 heteroatoms. The van der Waals surface area contributed by atoms with Gasteiger partial charge in [-0.15, -0.1) is 0 Å². The molecule has 0 bridgehead atoms. The first-order chi connectivity index (χ1) is 9.90. The molecule has 4 nitrogen and oxygen atoms in total. The zero-order valence-electron chi connectivity index (χ0n) is 12.5. The molecule has 2 rings (SSSR count). The van der Waals surface area contributed by atoms with Crippen molar-refractivity contribution in [3.63, 3.8) is 0 Å². The summed E-state index contributed by atoms with van der Waals surface area (Å²) < 4.78 is 5.65. The van der Waals surface area contributed by atoms with Gasteiger partial charge >= 0.3 is 0 Å². The van der Waals surface area contributed by atoms with E-state index >= 15 is 0 Å². The lowest BCUT2D eigenvalue weighted by molar-refractivity contribution is 0.0859. The lowest BCUT2D eigenvalue weighted by Crippen LogP contribution is -2.46. The molecule has 0 spiro atoms. The maximum atomic E-state index is 12.4. The van der Waals surface area contributed by atoms with Crippen LogP contribution in [0, 0.1) is 6.92 Å². The third-order valence-electron chi connectivity index (χ3n) is 3.96. The summed E-state index contributed by atoms with van der Waals surface area (Å²) in [5.41, 5.74) is 0.962. The highest BCUT2D eigenvalue weighted by Crippen LogP contribution is 2.28. The Labute approximate surface area is 129 Å². The van der Waals surface area contributed by atoms with Gasteiger partial charge < -0.3 is 14.8 Å². The summed E-state index contributed by atoms with van der Waals surface area (Å²) in [5.74, 6) is 0.0301. The normalized spacial score (nSPS) is 14.1. The molecule has 1 heterocycles. The predicted molar refractivity (Wildman–Crippen MR) is 83.8 cm³/mol. The molecule has 21 heavy (non-hydrogen) atoms. The third-order valence-corrected chi connectivity index (χ3v) is 4.20. The molecule has 0 saturated carbocycles. The number of halogens is 1. The standard InChI is InChI=1S/C16H20ClNO3/c1-4-16(3,7-8-19)18-15(20)14-10(2)12-9-11(17)5-6-13(12)21-14/h5-6,9,19H,4,7-8H2,1-3H3,(H,18,20). The number of nitrogens with one attached hydrogen (secondary N) is 1. The Kier molecular flexibility index (Phi) is 4.59. The van der Waals surface area contributed by atoms with E-state index in [1.54, 1.807) is 18.2 Å². The predicted octanol–water partition coefficient (Wildman–Crippen LogP) is 3.68. The molecule has 1 atom stereocenters. The fourth-order valence-electron chi connectivity index (χ4n) is 2.31. The maximum absolute atomic E-state index is 12.4. The number of carbonyl (C=O) groups excluding carboxylic acids is 1. The number of hydrogen-bond donors (Lipinski definition) is 2. The largest absolute Gasteiger partial charge is 0.451 e. The van der Waals surface area contributed by atoms with Crippen LogP contribution in [-0.4, -0.2) is 23.2 Å². The summed E-state index contributed by atoms with van der Waals surface area (Å²) in [7, 11) is 0. The van der Waals surface area contributed by atoms with E-state index in [2.05, 4.69) is 5.32 Å². The van der Waals surface area contributed by atoms with Crippen LogP contribution < -0.4 is 5.32 Å². The Morgan fingerprint density at radius 2 is 2.19 bits per heavy atom. The van der Waals surface area contributed by atoms with Crippen molar-refractivity contribution in [1.82, 2.24) is 5.32 Å². The first-order valence-electron chi connectivity index (χ1n) is 7.02. The van der Waals surface area contributed by atoms with Crippen LogP contribution in [0.3, 0.4) is 0 Å². The van der Waals surface area contributed by atoms with Crippen molar-refractivity contribution in [2.24, 2.45) is 0 Å². The van der Waals surface area contributed by atoms with Gasteiger partial charge in [-0.05, 0) is 44.9 Å². The minimum absolute atomic E-state index is 0.0271. The van der Waals surface area contributed by atoms with Crippen LogP contribution in [0.2, 0.25) is 5.02 Å². The van der Waals surface area contributed by atoms with E-state index in [1.165, 1.54) is 0 Å². The van der Waals surface area contributed by atoms with Crippen molar-refractivity contribution in [2.45, 2.75) is 39.2 Å². The fourth-order valence-corrected chi connectivity index (χ4v) is 2.49. The van der Waals surface area contributed by atoms with Gasteiger partial charge in [-0.1, -0.05) is 18.5 Å². The Morgan fingerprint density at radius 3 is 2.81 bits per heavy atom. The SMILES string of the molecule is CCC(C)(CCO)NC(=O)c1oc2ccc(Cl)cc2c1C. The van der Waals surface area contributed by atoms with E-state index in [1.807, 2.05) is 20.8 Å². The number of furan rings is 1. The number of carbonyl (C=O) groups is 1. The van der Waals surface area contributed by atoms with Gasteiger partial charge in [0.25, 0.3) is 5.91 Å². The molecular formula is C16H20ClNO3. The maximum Gasteiger partial charge on any atom is 0.287 e. The third kappa shape index (κ3) is 3.22. The molecule has 114 valence electrons. The van der Waals surface area contributed by atoms with Gasteiger partial charge in [-0.2, -0.15) is 0 Å². The molecule has 0 fully saturated rings. The van der Waals surface area contributed by atoms with Crippen LogP contribution in [0.4, 0.5) is 0 Å². The molecule has 1 aromatic carbocycles. The average molecular weight is 310 g/mol. The van der Waals surface area contributed by atoms with Gasteiger partial charge in [-0.3, -0.25) is 4.79 Å². The highest BCUT2D eigenvalue weighted by Gasteiger charge is 2.27. The number of hydrogen-bond acceptors (Lipinski definition) is 3. The summed E-state index contributed by atoms with van der Waals surface area (Å²) in [6.45, 7) is 5.75. The van der Waals surface area contributed by atoms with Gasteiger partial charge in [0.05, 0.1) is 0 Å². The Balaban J connectivity index is 2.33. The highest BCUT2D eigenvalue weighted by molar-refractivity contribution is 6.31. The highest BCUT2D eigenvalue weighted by atomic mass is 35.5. The Bertz CT molecular complexity index is 665. The van der Waals surface area contributed by atoms with Crippen molar-refractivity contribution >= 4 is 28.5 Å². The number of aliphatic hydroxyl groups is 1. The number of amides is 1. The summed E-state index contributed by atoms with van der Waals surface area (Å²) in [6.07, 6.45) is 1.23. The minimum atomic E-state index is -0.450. The van der Waals surface area contributed by atoms with Crippen LogP contribution in [0.1, 0.15) is 42.8 Å². The van der Waals surface area contributed by atoms with Crippen molar-refractivity contribution in [1.29, 1.82) is 0 Å². The lowest BCUT2D eigenvalue weighted by Gasteiger charge is -2.28. The van der Waals surface area contributed by atoms with Crippen molar-refractivity contribution < 1.29 is 14.3 Å². The van der Waals surface area contributed by atoms with Gasteiger partial charge in [-0.25, -0.2) is 0 Å². The number of aliphatic hydroxyl groups excluding tert-OH is 1. The molecule has 0 aliphatic rings. The first-order valence-corrected chi connectivity index (χ1v) is 7.40. The Hall–Kier alpha value is -1.52. The molecule has 2 aromatic rings. The Morgan fingerprint density at radius 1 is 1.48 bits per heavy atom. The van der Waals surface area contributed by atoms with Crippen LogP contribution in [0.15, 0.2) is 22.6 Å².